The fraction of sp³-hybridized carbons (Fsp3) is 0.290. The number of carbonyl (C=O) groups is 2. The summed E-state index contributed by atoms with van der Waals surface area (Å²) in [5.74, 6) is -7.89. The van der Waals surface area contributed by atoms with E-state index in [-0.39, 0.29) is 36.3 Å². The van der Waals surface area contributed by atoms with Gasteiger partial charge >= 0.3 is 0 Å². The van der Waals surface area contributed by atoms with E-state index in [0.29, 0.717) is 33.3 Å². The van der Waals surface area contributed by atoms with Crippen molar-refractivity contribution in [1.82, 2.24) is 20.1 Å². The molecule has 1 saturated carbocycles. The number of rotatable bonds is 8. The van der Waals surface area contributed by atoms with Crippen LogP contribution in [0.2, 0.25) is 0 Å². The number of anilines is 1. The molecule has 4 aromatic rings. The van der Waals surface area contributed by atoms with Crippen LogP contribution in [-0.4, -0.2) is 26.6 Å². The number of pyridine rings is 1. The molecule has 2 amide bonds. The van der Waals surface area contributed by atoms with Crippen LogP contribution in [0.25, 0.3) is 11.1 Å². The Morgan fingerprint density at radius 1 is 1.09 bits per heavy atom. The van der Waals surface area contributed by atoms with Gasteiger partial charge in [0.25, 0.3) is 12.3 Å². The molecule has 226 valence electrons. The lowest BCUT2D eigenvalue weighted by Crippen LogP contribution is -2.35. The lowest BCUT2D eigenvalue weighted by atomic mass is 9.94. The highest BCUT2D eigenvalue weighted by Crippen LogP contribution is 2.68. The summed E-state index contributed by atoms with van der Waals surface area (Å²) in [6.45, 7) is -0.785. The minimum Gasteiger partial charge on any atom is -0.346 e. The van der Waals surface area contributed by atoms with Crippen LogP contribution in [0, 0.1) is 17.6 Å². The van der Waals surface area contributed by atoms with Gasteiger partial charge in [-0.15, -0.1) is 0 Å². The topological polar surface area (TPSA) is 88.9 Å². The third-order valence-electron chi connectivity index (χ3n) is 8.37. The molecule has 1 fully saturated rings. The Morgan fingerprint density at radius 2 is 1.86 bits per heavy atom. The number of hydrogen-bond acceptors (Lipinski definition) is 4. The smallest absolute Gasteiger partial charge is 0.293 e. The molecular formula is C31H23F6N5O2. The molecule has 2 N–H and O–H groups in total. The van der Waals surface area contributed by atoms with Crippen molar-refractivity contribution >= 4 is 17.5 Å². The molecule has 2 aromatic heterocycles. The molecule has 7 nitrogen and oxygen atoms in total. The van der Waals surface area contributed by atoms with Crippen molar-refractivity contribution < 1.29 is 35.9 Å². The molecule has 0 spiro atoms. The zero-order valence-corrected chi connectivity index (χ0v) is 22.8. The fourth-order valence-corrected chi connectivity index (χ4v) is 6.47. The van der Waals surface area contributed by atoms with Crippen LogP contribution >= 0.6 is 0 Å². The third-order valence-corrected chi connectivity index (χ3v) is 8.37. The molecule has 2 aliphatic carbocycles. The van der Waals surface area contributed by atoms with Crippen molar-refractivity contribution in [3.8, 4) is 11.1 Å². The summed E-state index contributed by atoms with van der Waals surface area (Å²) in [5.41, 5.74) is 1.47. The van der Waals surface area contributed by atoms with Crippen molar-refractivity contribution in [2.45, 2.75) is 50.1 Å². The normalized spacial score (nSPS) is 19.8. The predicted molar refractivity (Wildman–Crippen MR) is 145 cm³/mol. The van der Waals surface area contributed by atoms with E-state index in [2.05, 4.69) is 20.7 Å². The highest BCUT2D eigenvalue weighted by atomic mass is 19.3. The predicted octanol–water partition coefficient (Wildman–Crippen LogP) is 5.96. The SMILES string of the molecule is O=C1Cc2cc(-c3cccnc3C(Cc3cc(F)cc(F)c3)NC(=O)Cn3nc(C(F)F)c4c3C(F)(F)C3CC43)ccc2N1. The van der Waals surface area contributed by atoms with E-state index in [1.165, 1.54) is 6.20 Å². The Labute approximate surface area is 246 Å². The van der Waals surface area contributed by atoms with Crippen molar-refractivity contribution in [3.63, 3.8) is 0 Å². The summed E-state index contributed by atoms with van der Waals surface area (Å²) in [6, 6.07) is 10.5. The highest BCUT2D eigenvalue weighted by molar-refractivity contribution is 5.99. The molecule has 2 aromatic carbocycles. The minimum absolute atomic E-state index is 0.0826. The van der Waals surface area contributed by atoms with Crippen molar-refractivity contribution in [3.05, 3.63) is 100 Å². The summed E-state index contributed by atoms with van der Waals surface area (Å²) in [7, 11) is 0. The Kier molecular flexibility index (Phi) is 6.52. The molecule has 7 rings (SSSR count). The Morgan fingerprint density at radius 3 is 2.61 bits per heavy atom. The van der Waals surface area contributed by atoms with E-state index in [1.54, 1.807) is 30.3 Å². The van der Waals surface area contributed by atoms with E-state index in [4.69, 9.17) is 0 Å². The van der Waals surface area contributed by atoms with Crippen LogP contribution in [0.5, 0.6) is 0 Å². The zero-order chi connectivity index (χ0) is 30.9. The molecule has 3 aliphatic rings. The molecule has 0 radical (unpaired) electrons. The number of benzene rings is 2. The molecule has 3 unspecified atom stereocenters. The molecule has 13 heteroatoms. The van der Waals surface area contributed by atoms with Crippen LogP contribution in [0.3, 0.4) is 0 Å². The number of hydrogen-bond donors (Lipinski definition) is 2. The lowest BCUT2D eigenvalue weighted by molar-refractivity contribution is -0.123. The average molecular weight is 612 g/mol. The van der Waals surface area contributed by atoms with E-state index in [1.807, 2.05) is 0 Å². The Balaban J connectivity index is 1.24. The number of amides is 2. The number of aromatic nitrogens is 3. The summed E-state index contributed by atoms with van der Waals surface area (Å²) < 4.78 is 86.5. The van der Waals surface area contributed by atoms with Crippen LogP contribution in [0.4, 0.5) is 32.0 Å². The van der Waals surface area contributed by atoms with Gasteiger partial charge in [0.2, 0.25) is 11.8 Å². The number of carbonyl (C=O) groups excluding carboxylic acids is 2. The molecule has 1 aliphatic heterocycles. The molecule has 3 heterocycles. The number of fused-ring (bicyclic) bond motifs is 4. The Bertz CT molecular complexity index is 1820. The van der Waals surface area contributed by atoms with Crippen LogP contribution in [0.15, 0.2) is 54.7 Å². The number of nitrogens with one attached hydrogen (secondary N) is 2. The van der Waals surface area contributed by atoms with Crippen LogP contribution < -0.4 is 10.6 Å². The summed E-state index contributed by atoms with van der Waals surface area (Å²) >= 11 is 0. The lowest BCUT2D eigenvalue weighted by Gasteiger charge is -2.22. The highest BCUT2D eigenvalue weighted by Gasteiger charge is 2.67. The molecular weight excluding hydrogens is 588 g/mol. The first kappa shape index (κ1) is 28.1. The van der Waals surface area contributed by atoms with E-state index < -0.39 is 65.7 Å². The zero-order valence-electron chi connectivity index (χ0n) is 22.8. The standard InChI is InChI=1S/C31H23F6N5O2/c32-17-6-14(7-18(33)11-17)8-23(27-19(2-1-5-38-27)15-3-4-22-16(9-15)10-24(43)39-22)40-25(44)13-42-29-26(28(41-42)30(34)35)20-12-21(20)31(29,36)37/h1-7,9,11,20-21,23,30H,8,10,12-13H2,(H,39,43)(H,40,44). The third kappa shape index (κ3) is 4.80. The van der Waals surface area contributed by atoms with Gasteiger partial charge in [0, 0.05) is 35.0 Å². The van der Waals surface area contributed by atoms with Gasteiger partial charge in [0.15, 0.2) is 0 Å². The van der Waals surface area contributed by atoms with Gasteiger partial charge in [-0.1, -0.05) is 12.1 Å². The Hall–Kier alpha value is -4.68. The van der Waals surface area contributed by atoms with Crippen molar-refractivity contribution in [1.29, 1.82) is 0 Å². The fourth-order valence-electron chi connectivity index (χ4n) is 6.47. The maximum absolute atomic E-state index is 15.1. The maximum atomic E-state index is 15.1. The summed E-state index contributed by atoms with van der Waals surface area (Å²) in [4.78, 5) is 29.8. The second-order valence-electron chi connectivity index (χ2n) is 11.3. The molecule has 0 saturated heterocycles. The van der Waals surface area contributed by atoms with E-state index in [0.717, 1.165) is 17.7 Å². The van der Waals surface area contributed by atoms with Gasteiger partial charge in [-0.05, 0) is 65.8 Å². The number of nitrogens with zero attached hydrogens (tertiary/aromatic N) is 3. The van der Waals surface area contributed by atoms with Crippen molar-refractivity contribution in [2.24, 2.45) is 5.92 Å². The number of halogens is 6. The van der Waals surface area contributed by atoms with Gasteiger partial charge in [0.05, 0.1) is 18.2 Å². The van der Waals surface area contributed by atoms with E-state index in [9.17, 15) is 27.2 Å². The maximum Gasteiger partial charge on any atom is 0.293 e. The van der Waals surface area contributed by atoms with Crippen LogP contribution in [0.1, 0.15) is 58.6 Å². The molecule has 44 heavy (non-hydrogen) atoms. The van der Waals surface area contributed by atoms with Gasteiger partial charge in [-0.2, -0.15) is 13.9 Å². The molecule has 0 bridgehead atoms. The summed E-state index contributed by atoms with van der Waals surface area (Å²) in [5, 5.41) is 9.18. The first-order valence-electron chi connectivity index (χ1n) is 13.9. The van der Waals surface area contributed by atoms with Gasteiger partial charge in [-0.25, -0.2) is 17.6 Å². The van der Waals surface area contributed by atoms with Gasteiger partial charge in [-0.3, -0.25) is 19.3 Å². The average Bonchev–Trinajstić information content (AvgIpc) is 3.45. The largest absolute Gasteiger partial charge is 0.346 e. The monoisotopic (exact) mass is 611 g/mol. The summed E-state index contributed by atoms with van der Waals surface area (Å²) in [6.07, 6.45) is -1.52. The van der Waals surface area contributed by atoms with Gasteiger partial charge in [0.1, 0.15) is 29.6 Å². The first-order chi connectivity index (χ1) is 21.0. The molecule has 3 atom stereocenters. The minimum atomic E-state index is -3.41. The first-order valence-corrected chi connectivity index (χ1v) is 13.9. The second-order valence-corrected chi connectivity index (χ2v) is 11.3. The van der Waals surface area contributed by atoms with Gasteiger partial charge < -0.3 is 10.6 Å². The van der Waals surface area contributed by atoms with E-state index >= 15 is 8.78 Å². The number of alkyl halides is 4. The van der Waals surface area contributed by atoms with Crippen LogP contribution in [-0.2, 0) is 34.9 Å². The quantitative estimate of drug-likeness (QED) is 0.241. The van der Waals surface area contributed by atoms with Crippen molar-refractivity contribution in [2.75, 3.05) is 5.32 Å². The second kappa shape index (κ2) is 10.2.